The lowest BCUT2D eigenvalue weighted by Gasteiger charge is -2.32. The Hall–Kier alpha value is -1.65. The van der Waals surface area contributed by atoms with Gasteiger partial charge >= 0.3 is 6.03 Å². The summed E-state index contributed by atoms with van der Waals surface area (Å²) in [5.74, 6) is -1.34. The van der Waals surface area contributed by atoms with Crippen LogP contribution in [0.5, 0.6) is 0 Å². The van der Waals surface area contributed by atoms with Crippen molar-refractivity contribution in [2.24, 2.45) is 11.8 Å². The molecule has 18 heavy (non-hydrogen) atoms. The summed E-state index contributed by atoms with van der Waals surface area (Å²) in [6.07, 6.45) is 6.11. The van der Waals surface area contributed by atoms with Gasteiger partial charge in [0.25, 0.3) is 0 Å². The molecule has 4 amide bonds. The molecule has 2 fully saturated rings. The highest BCUT2D eigenvalue weighted by atomic mass is 16.2. The zero-order chi connectivity index (χ0) is 13.1. The van der Waals surface area contributed by atoms with E-state index in [2.05, 4.69) is 11.9 Å². The minimum absolute atomic E-state index is 0.0943. The van der Waals surface area contributed by atoms with Crippen LogP contribution in [0.25, 0.3) is 0 Å². The Morgan fingerprint density at radius 1 is 1.28 bits per heavy atom. The maximum atomic E-state index is 12.2. The van der Waals surface area contributed by atoms with Gasteiger partial charge in [0.05, 0.1) is 0 Å². The number of barbiturate groups is 1. The van der Waals surface area contributed by atoms with Crippen molar-refractivity contribution >= 4 is 17.8 Å². The smallest absolute Gasteiger partial charge is 0.277 e. The topological polar surface area (TPSA) is 66.5 Å². The Labute approximate surface area is 106 Å². The first kappa shape index (κ1) is 12.8. The molecule has 5 heteroatoms. The number of hydrogen-bond donors (Lipinski definition) is 1. The van der Waals surface area contributed by atoms with E-state index in [0.717, 1.165) is 30.6 Å². The number of imide groups is 2. The van der Waals surface area contributed by atoms with Gasteiger partial charge in [-0.3, -0.25) is 19.8 Å². The van der Waals surface area contributed by atoms with Crippen LogP contribution >= 0.6 is 0 Å². The van der Waals surface area contributed by atoms with Crippen molar-refractivity contribution in [3.63, 3.8) is 0 Å². The second-order valence-electron chi connectivity index (χ2n) is 4.88. The Kier molecular flexibility index (Phi) is 3.79. The summed E-state index contributed by atoms with van der Waals surface area (Å²) >= 11 is 0. The standard InChI is InChI=1S/C13H18N2O3/c1-2-3-8-15-12(17)10(9-6-4-5-7-9)11(16)14-13(15)18/h2,9-10H,1,3-8H2,(H,14,16,18). The van der Waals surface area contributed by atoms with Gasteiger partial charge in [0.15, 0.2) is 0 Å². The zero-order valence-corrected chi connectivity index (χ0v) is 10.4. The summed E-state index contributed by atoms with van der Waals surface area (Å²) in [6.45, 7) is 3.87. The molecule has 1 saturated heterocycles. The molecule has 0 bridgehead atoms. The number of carbonyl (C=O) groups is 3. The molecule has 0 aromatic heterocycles. The summed E-state index contributed by atoms with van der Waals surface area (Å²) in [6, 6.07) is -0.596. The third kappa shape index (κ3) is 2.30. The number of hydrogen-bond acceptors (Lipinski definition) is 3. The predicted molar refractivity (Wildman–Crippen MR) is 65.5 cm³/mol. The minimum Gasteiger partial charge on any atom is -0.277 e. The summed E-state index contributed by atoms with van der Waals surface area (Å²) in [5, 5.41) is 2.29. The molecule has 2 aliphatic rings. The fraction of sp³-hybridized carbons (Fsp3) is 0.615. The Morgan fingerprint density at radius 2 is 1.94 bits per heavy atom. The van der Waals surface area contributed by atoms with E-state index in [0.29, 0.717) is 13.0 Å². The lowest BCUT2D eigenvalue weighted by Crippen LogP contribution is -2.59. The van der Waals surface area contributed by atoms with Gasteiger partial charge in [-0.1, -0.05) is 18.9 Å². The van der Waals surface area contributed by atoms with Crippen molar-refractivity contribution in [3.05, 3.63) is 12.7 Å². The van der Waals surface area contributed by atoms with Gasteiger partial charge in [0.2, 0.25) is 11.8 Å². The van der Waals surface area contributed by atoms with E-state index in [9.17, 15) is 14.4 Å². The first-order valence-corrected chi connectivity index (χ1v) is 6.42. The van der Waals surface area contributed by atoms with Crippen LogP contribution in [0.15, 0.2) is 12.7 Å². The molecule has 1 N–H and O–H groups in total. The van der Waals surface area contributed by atoms with Crippen molar-refractivity contribution in [2.45, 2.75) is 32.1 Å². The number of rotatable bonds is 4. The van der Waals surface area contributed by atoms with Crippen molar-refractivity contribution in [2.75, 3.05) is 6.54 Å². The fourth-order valence-electron chi connectivity index (χ4n) is 2.77. The average Bonchev–Trinajstić information content (AvgIpc) is 2.82. The van der Waals surface area contributed by atoms with Crippen LogP contribution in [-0.4, -0.2) is 29.3 Å². The van der Waals surface area contributed by atoms with E-state index in [1.807, 2.05) is 0 Å². The van der Waals surface area contributed by atoms with Crippen molar-refractivity contribution in [1.82, 2.24) is 10.2 Å². The first-order chi connectivity index (χ1) is 8.65. The highest BCUT2D eigenvalue weighted by Crippen LogP contribution is 2.33. The van der Waals surface area contributed by atoms with Crippen LogP contribution in [0.2, 0.25) is 0 Å². The second-order valence-corrected chi connectivity index (χ2v) is 4.88. The molecule has 5 nitrogen and oxygen atoms in total. The lowest BCUT2D eigenvalue weighted by molar-refractivity contribution is -0.144. The Morgan fingerprint density at radius 3 is 2.56 bits per heavy atom. The summed E-state index contributed by atoms with van der Waals surface area (Å²) in [4.78, 5) is 36.8. The van der Waals surface area contributed by atoms with Gasteiger partial charge in [-0.2, -0.15) is 0 Å². The number of amides is 4. The van der Waals surface area contributed by atoms with E-state index in [4.69, 9.17) is 0 Å². The molecule has 0 radical (unpaired) electrons. The largest absolute Gasteiger partial charge is 0.330 e. The van der Waals surface area contributed by atoms with E-state index < -0.39 is 17.9 Å². The van der Waals surface area contributed by atoms with Crippen LogP contribution in [0, 0.1) is 11.8 Å². The van der Waals surface area contributed by atoms with Crippen LogP contribution < -0.4 is 5.32 Å². The van der Waals surface area contributed by atoms with Gasteiger partial charge in [-0.15, -0.1) is 6.58 Å². The van der Waals surface area contributed by atoms with E-state index in [-0.39, 0.29) is 11.8 Å². The Bertz CT molecular complexity index is 386. The summed E-state index contributed by atoms with van der Waals surface area (Å²) < 4.78 is 0. The molecule has 1 saturated carbocycles. The van der Waals surface area contributed by atoms with Gasteiger partial charge in [-0.25, -0.2) is 4.79 Å². The summed E-state index contributed by atoms with van der Waals surface area (Å²) in [7, 11) is 0. The normalized spacial score (nSPS) is 25.4. The zero-order valence-electron chi connectivity index (χ0n) is 10.4. The maximum Gasteiger partial charge on any atom is 0.330 e. The predicted octanol–water partition coefficient (Wildman–Crippen LogP) is 1.45. The SMILES string of the molecule is C=CCCN1C(=O)NC(=O)C(C2CCCC2)C1=O. The number of urea groups is 1. The first-order valence-electron chi connectivity index (χ1n) is 6.42. The van der Waals surface area contributed by atoms with Gasteiger partial charge in [0.1, 0.15) is 5.92 Å². The van der Waals surface area contributed by atoms with Crippen LogP contribution in [0.3, 0.4) is 0 Å². The summed E-state index contributed by atoms with van der Waals surface area (Å²) in [5.41, 5.74) is 0. The molecule has 98 valence electrons. The lowest BCUT2D eigenvalue weighted by atomic mass is 9.87. The highest BCUT2D eigenvalue weighted by molar-refractivity contribution is 6.16. The molecule has 2 rings (SSSR count). The fourth-order valence-corrected chi connectivity index (χ4v) is 2.77. The van der Waals surface area contributed by atoms with Crippen molar-refractivity contribution in [1.29, 1.82) is 0 Å². The molecule has 1 aliphatic carbocycles. The van der Waals surface area contributed by atoms with Crippen molar-refractivity contribution in [3.8, 4) is 0 Å². The minimum atomic E-state index is -0.671. The molecule has 0 aromatic carbocycles. The molecule has 1 heterocycles. The van der Waals surface area contributed by atoms with E-state index in [1.165, 1.54) is 0 Å². The second kappa shape index (κ2) is 5.33. The average molecular weight is 250 g/mol. The molecule has 1 aliphatic heterocycles. The van der Waals surface area contributed by atoms with Crippen LogP contribution in [-0.2, 0) is 9.59 Å². The van der Waals surface area contributed by atoms with Crippen LogP contribution in [0.4, 0.5) is 4.79 Å². The molecule has 0 aromatic rings. The maximum absolute atomic E-state index is 12.2. The van der Waals surface area contributed by atoms with Gasteiger partial charge in [0, 0.05) is 6.54 Å². The number of nitrogens with zero attached hydrogens (tertiary/aromatic N) is 1. The molecular weight excluding hydrogens is 232 g/mol. The number of nitrogens with one attached hydrogen (secondary N) is 1. The van der Waals surface area contributed by atoms with E-state index >= 15 is 0 Å². The van der Waals surface area contributed by atoms with Crippen LogP contribution in [0.1, 0.15) is 32.1 Å². The van der Waals surface area contributed by atoms with Gasteiger partial charge < -0.3 is 0 Å². The van der Waals surface area contributed by atoms with E-state index in [1.54, 1.807) is 6.08 Å². The monoisotopic (exact) mass is 250 g/mol. The third-order valence-corrected chi connectivity index (χ3v) is 3.72. The molecular formula is C13H18N2O3. The van der Waals surface area contributed by atoms with Gasteiger partial charge in [-0.05, 0) is 25.2 Å². The molecule has 1 atom stereocenters. The number of carbonyl (C=O) groups excluding carboxylic acids is 3. The highest BCUT2D eigenvalue weighted by Gasteiger charge is 2.44. The Balaban J connectivity index is 2.13. The quantitative estimate of drug-likeness (QED) is 0.606. The van der Waals surface area contributed by atoms with Crippen molar-refractivity contribution < 1.29 is 14.4 Å². The molecule has 1 unspecified atom stereocenters. The third-order valence-electron chi connectivity index (χ3n) is 3.72. The molecule has 0 spiro atoms.